The van der Waals surface area contributed by atoms with E-state index in [1.807, 2.05) is 56.3 Å². The van der Waals surface area contributed by atoms with Crippen molar-refractivity contribution in [2.24, 2.45) is 0 Å². The van der Waals surface area contributed by atoms with Crippen LogP contribution in [-0.2, 0) is 4.79 Å². The van der Waals surface area contributed by atoms with Crippen LogP contribution < -0.4 is 14.8 Å². The van der Waals surface area contributed by atoms with Crippen LogP contribution in [0.2, 0.25) is 0 Å². The van der Waals surface area contributed by atoms with Crippen molar-refractivity contribution in [2.75, 3.05) is 12.4 Å². The summed E-state index contributed by atoms with van der Waals surface area (Å²) in [5.41, 5.74) is 5.85. The normalized spacial score (nSPS) is 10.8. The van der Waals surface area contributed by atoms with Gasteiger partial charge < -0.3 is 14.8 Å². The fourth-order valence-electron chi connectivity index (χ4n) is 4.52. The minimum atomic E-state index is -0.601. The number of methoxy groups -OCH3 is 1. The zero-order valence-corrected chi connectivity index (χ0v) is 23.1. The Bertz CT molecular complexity index is 1740. The van der Waals surface area contributed by atoms with Crippen molar-refractivity contribution in [2.45, 2.75) is 20.8 Å². The maximum absolute atomic E-state index is 14.1. The highest BCUT2D eigenvalue weighted by Crippen LogP contribution is 2.42. The summed E-state index contributed by atoms with van der Waals surface area (Å²) in [5.74, 6) is -0.693. The monoisotopic (exact) mass is 549 g/mol. The summed E-state index contributed by atoms with van der Waals surface area (Å²) in [6.07, 6.45) is 0. The minimum absolute atomic E-state index is 0.0506. The van der Waals surface area contributed by atoms with Gasteiger partial charge in [-0.1, -0.05) is 36.4 Å². The van der Waals surface area contributed by atoms with Crippen molar-refractivity contribution < 1.29 is 23.5 Å². The lowest BCUT2D eigenvalue weighted by molar-refractivity contribution is -0.132. The first-order chi connectivity index (χ1) is 19.7. The number of ether oxygens (including phenoxy) is 2. The molecule has 0 fully saturated rings. The molecule has 206 valence electrons. The zero-order valence-electron chi connectivity index (χ0n) is 23.1. The van der Waals surface area contributed by atoms with E-state index in [1.165, 1.54) is 25.1 Å². The molecule has 8 heteroatoms. The first-order valence-electron chi connectivity index (χ1n) is 12.9. The molecule has 1 N–H and O–H groups in total. The van der Waals surface area contributed by atoms with Crippen molar-refractivity contribution in [3.8, 4) is 39.7 Å². The van der Waals surface area contributed by atoms with Gasteiger partial charge in [0.1, 0.15) is 17.3 Å². The van der Waals surface area contributed by atoms with Gasteiger partial charge in [0, 0.05) is 18.2 Å². The van der Waals surface area contributed by atoms with Gasteiger partial charge in [-0.25, -0.2) is 4.39 Å². The molecule has 1 amide bonds. The van der Waals surface area contributed by atoms with E-state index in [9.17, 15) is 14.0 Å². The maximum atomic E-state index is 14.1. The number of hydrogen-bond acceptors (Lipinski definition) is 5. The molecule has 0 aliphatic rings. The van der Waals surface area contributed by atoms with E-state index in [0.717, 1.165) is 22.4 Å². The lowest BCUT2D eigenvalue weighted by atomic mass is 10.0. The first kappa shape index (κ1) is 27.3. The number of esters is 1. The Labute approximate surface area is 237 Å². The number of aromatic nitrogens is 2. The number of nitrogens with one attached hydrogen (secondary N) is 1. The second kappa shape index (κ2) is 11.5. The highest BCUT2D eigenvalue weighted by molar-refractivity contribution is 6.04. The lowest BCUT2D eigenvalue weighted by Crippen LogP contribution is -2.13. The highest BCUT2D eigenvalue weighted by Gasteiger charge is 2.25. The van der Waals surface area contributed by atoms with Gasteiger partial charge in [-0.05, 0) is 85.1 Å². The van der Waals surface area contributed by atoms with E-state index in [1.54, 1.807) is 42.1 Å². The molecule has 0 radical (unpaired) electrons. The molecule has 41 heavy (non-hydrogen) atoms. The summed E-state index contributed by atoms with van der Waals surface area (Å²) >= 11 is 0. The van der Waals surface area contributed by atoms with E-state index >= 15 is 0 Å². The van der Waals surface area contributed by atoms with E-state index in [0.29, 0.717) is 28.3 Å². The van der Waals surface area contributed by atoms with E-state index in [2.05, 4.69) is 5.32 Å². The summed E-state index contributed by atoms with van der Waals surface area (Å²) in [7, 11) is 1.60. The minimum Gasteiger partial charge on any atom is -0.497 e. The van der Waals surface area contributed by atoms with Crippen LogP contribution in [0, 0.1) is 19.7 Å². The van der Waals surface area contributed by atoms with Crippen molar-refractivity contribution in [3.05, 3.63) is 114 Å². The van der Waals surface area contributed by atoms with Crippen LogP contribution in [0.3, 0.4) is 0 Å². The molecule has 0 spiro atoms. The predicted molar refractivity (Wildman–Crippen MR) is 156 cm³/mol. The third kappa shape index (κ3) is 5.72. The molecule has 1 heterocycles. The van der Waals surface area contributed by atoms with Crippen molar-refractivity contribution >= 4 is 17.6 Å². The molecule has 0 saturated heterocycles. The summed E-state index contributed by atoms with van der Waals surface area (Å²) in [5, 5.41) is 7.67. The van der Waals surface area contributed by atoms with Crippen LogP contribution in [0.4, 0.5) is 10.1 Å². The van der Waals surface area contributed by atoms with Crippen LogP contribution in [0.5, 0.6) is 11.6 Å². The Morgan fingerprint density at radius 2 is 1.56 bits per heavy atom. The molecule has 0 unspecified atom stereocenters. The summed E-state index contributed by atoms with van der Waals surface area (Å²) in [6.45, 7) is 5.30. The van der Waals surface area contributed by atoms with Crippen LogP contribution in [0.15, 0.2) is 91.0 Å². The fraction of sp³-hybridized carbons (Fsp3) is 0.121. The average Bonchev–Trinajstić information content (AvgIpc) is 3.33. The molecule has 4 aromatic carbocycles. The Morgan fingerprint density at radius 3 is 2.22 bits per heavy atom. The third-order valence-corrected chi connectivity index (χ3v) is 6.59. The quantitative estimate of drug-likeness (QED) is 0.218. The molecule has 5 aromatic rings. The molecule has 7 nitrogen and oxygen atoms in total. The number of rotatable bonds is 7. The Hall–Kier alpha value is -5.24. The number of benzene rings is 4. The zero-order chi connectivity index (χ0) is 29.1. The van der Waals surface area contributed by atoms with E-state index in [-0.39, 0.29) is 11.4 Å². The SMILES string of the molecule is COc1ccc(-c2nn(-c3cc(C)ccc3C)c(OC(C)=O)c2-c2ccc(NC(=O)c3ccccc3F)cc2)cc1. The van der Waals surface area contributed by atoms with Crippen molar-refractivity contribution in [1.82, 2.24) is 9.78 Å². The molecule has 0 atom stereocenters. The van der Waals surface area contributed by atoms with E-state index < -0.39 is 17.7 Å². The standard InChI is InChI=1S/C33H28FN3O4/c1-20-9-10-21(2)29(19-20)37-33(41-22(3)38)30(31(36-37)24-13-17-26(40-4)18-14-24)23-11-15-25(16-12-23)35-32(39)27-7-5-6-8-28(27)34/h5-19H,1-4H3,(H,35,39). The molecule has 0 saturated carbocycles. The first-order valence-corrected chi connectivity index (χ1v) is 12.9. The number of nitrogens with zero attached hydrogens (tertiary/aromatic N) is 2. The van der Waals surface area contributed by atoms with Gasteiger partial charge in [0.05, 0.1) is 23.9 Å². The third-order valence-electron chi connectivity index (χ3n) is 6.59. The van der Waals surface area contributed by atoms with Crippen molar-refractivity contribution in [1.29, 1.82) is 0 Å². The number of carbonyl (C=O) groups excluding carboxylic acids is 2. The largest absolute Gasteiger partial charge is 0.497 e. The summed E-state index contributed by atoms with van der Waals surface area (Å²) < 4.78 is 26.9. The average molecular weight is 550 g/mol. The lowest BCUT2D eigenvalue weighted by Gasteiger charge is -2.12. The maximum Gasteiger partial charge on any atom is 0.309 e. The number of aryl methyl sites for hydroxylation is 2. The Balaban J connectivity index is 1.64. The van der Waals surface area contributed by atoms with Gasteiger partial charge in [-0.2, -0.15) is 9.78 Å². The highest BCUT2D eigenvalue weighted by atomic mass is 19.1. The van der Waals surface area contributed by atoms with Crippen LogP contribution >= 0.6 is 0 Å². The number of carbonyl (C=O) groups is 2. The van der Waals surface area contributed by atoms with Crippen LogP contribution in [-0.4, -0.2) is 28.8 Å². The Morgan fingerprint density at radius 1 is 0.878 bits per heavy atom. The predicted octanol–water partition coefficient (Wildman–Crippen LogP) is 7.15. The van der Waals surface area contributed by atoms with Gasteiger partial charge in [-0.3, -0.25) is 9.59 Å². The fourth-order valence-corrected chi connectivity index (χ4v) is 4.52. The second-order valence-corrected chi connectivity index (χ2v) is 9.56. The smallest absolute Gasteiger partial charge is 0.309 e. The molecule has 5 rings (SSSR count). The summed E-state index contributed by atoms with van der Waals surface area (Å²) in [4.78, 5) is 25.0. The molecular formula is C33H28FN3O4. The summed E-state index contributed by atoms with van der Waals surface area (Å²) in [6, 6.07) is 26.2. The van der Waals surface area contributed by atoms with Gasteiger partial charge in [0.2, 0.25) is 5.88 Å². The number of halogens is 1. The van der Waals surface area contributed by atoms with Crippen molar-refractivity contribution in [3.63, 3.8) is 0 Å². The molecule has 0 aliphatic carbocycles. The number of amides is 1. The van der Waals surface area contributed by atoms with Gasteiger partial charge in [-0.15, -0.1) is 0 Å². The molecule has 0 bridgehead atoms. The molecular weight excluding hydrogens is 521 g/mol. The Kier molecular flexibility index (Phi) is 7.65. The molecule has 0 aliphatic heterocycles. The van der Waals surface area contributed by atoms with Gasteiger partial charge in [0.15, 0.2) is 0 Å². The number of hydrogen-bond donors (Lipinski definition) is 1. The molecule has 1 aromatic heterocycles. The van der Waals surface area contributed by atoms with Crippen LogP contribution in [0.1, 0.15) is 28.4 Å². The van der Waals surface area contributed by atoms with Gasteiger partial charge in [0.25, 0.3) is 5.91 Å². The second-order valence-electron chi connectivity index (χ2n) is 9.56. The number of anilines is 1. The van der Waals surface area contributed by atoms with E-state index in [4.69, 9.17) is 14.6 Å². The van der Waals surface area contributed by atoms with Gasteiger partial charge >= 0.3 is 5.97 Å². The topological polar surface area (TPSA) is 82.4 Å². The van der Waals surface area contributed by atoms with Crippen LogP contribution in [0.25, 0.3) is 28.1 Å².